The first-order valence-electron chi connectivity index (χ1n) is 16.6. The van der Waals surface area contributed by atoms with Gasteiger partial charge in [-0.3, -0.25) is 4.90 Å². The summed E-state index contributed by atoms with van der Waals surface area (Å²) in [5.41, 5.74) is 4.09. The van der Waals surface area contributed by atoms with Gasteiger partial charge in [0, 0.05) is 38.4 Å². The summed E-state index contributed by atoms with van der Waals surface area (Å²) in [6.07, 6.45) is 0.135. The third kappa shape index (κ3) is 11.8. The molecule has 3 aromatic carbocycles. The minimum absolute atomic E-state index is 0.209. The Morgan fingerprint density at radius 3 is 1.73 bits per heavy atom. The molecule has 1 saturated heterocycles. The Labute approximate surface area is 284 Å². The molecule has 2 N–H and O–H groups in total. The molecule has 258 valence electrons. The van der Waals surface area contributed by atoms with Crippen molar-refractivity contribution in [3.8, 4) is 0 Å². The van der Waals surface area contributed by atoms with Crippen LogP contribution in [0.3, 0.4) is 0 Å². The Balaban J connectivity index is 1.40. The van der Waals surface area contributed by atoms with E-state index in [2.05, 4.69) is 51.9 Å². The molecule has 0 bridgehead atoms. The first-order chi connectivity index (χ1) is 22.8. The standard InChI is InChI=1S/C38H50N4O6/c1-37(2,3)47-34(43)39-22-20-28-12-16-31(17-13-28)33-26-41(24-25-42(33)36(45)46-27-30-10-8-7-9-11-30)32-18-14-29(15-19-32)21-23-40-35(44)48-38(4,5)6/h7-19,33H,20-27H2,1-6H3,(H,39,43)(H,40,44). The van der Waals surface area contributed by atoms with Crippen LogP contribution in [0.4, 0.5) is 20.1 Å². The van der Waals surface area contributed by atoms with Gasteiger partial charge < -0.3 is 29.7 Å². The normalized spacial score (nSPS) is 15.0. The maximum absolute atomic E-state index is 13.4. The number of ether oxygens (including phenoxy) is 3. The van der Waals surface area contributed by atoms with Gasteiger partial charge in [-0.15, -0.1) is 0 Å². The lowest BCUT2D eigenvalue weighted by molar-refractivity contribution is 0.0517. The van der Waals surface area contributed by atoms with Crippen LogP contribution in [0.15, 0.2) is 78.9 Å². The molecule has 0 radical (unpaired) electrons. The molecule has 1 unspecified atom stereocenters. The predicted molar refractivity (Wildman–Crippen MR) is 187 cm³/mol. The molecule has 0 aliphatic carbocycles. The third-order valence-electron chi connectivity index (χ3n) is 7.65. The average Bonchev–Trinajstić information content (AvgIpc) is 3.03. The van der Waals surface area contributed by atoms with Gasteiger partial charge >= 0.3 is 18.3 Å². The van der Waals surface area contributed by atoms with Crippen LogP contribution in [0.25, 0.3) is 0 Å². The van der Waals surface area contributed by atoms with E-state index in [-0.39, 0.29) is 18.7 Å². The zero-order valence-corrected chi connectivity index (χ0v) is 29.1. The summed E-state index contributed by atoms with van der Waals surface area (Å²) in [5.74, 6) is 0. The highest BCUT2D eigenvalue weighted by molar-refractivity contribution is 5.69. The zero-order valence-electron chi connectivity index (χ0n) is 29.1. The van der Waals surface area contributed by atoms with E-state index < -0.39 is 23.4 Å². The van der Waals surface area contributed by atoms with E-state index in [9.17, 15) is 14.4 Å². The number of piperazine rings is 1. The molecule has 0 spiro atoms. The monoisotopic (exact) mass is 658 g/mol. The number of hydrogen-bond donors (Lipinski definition) is 2. The lowest BCUT2D eigenvalue weighted by Gasteiger charge is -2.42. The van der Waals surface area contributed by atoms with Crippen molar-refractivity contribution in [1.29, 1.82) is 0 Å². The number of hydrogen-bond acceptors (Lipinski definition) is 7. The number of anilines is 1. The van der Waals surface area contributed by atoms with Crippen LogP contribution in [0.1, 0.15) is 69.8 Å². The largest absolute Gasteiger partial charge is 0.445 e. The second-order valence-corrected chi connectivity index (χ2v) is 14.0. The van der Waals surface area contributed by atoms with Crippen molar-refractivity contribution >= 4 is 24.0 Å². The maximum Gasteiger partial charge on any atom is 0.410 e. The number of rotatable bonds is 10. The Bertz CT molecular complexity index is 1480. The van der Waals surface area contributed by atoms with Crippen LogP contribution in [0, 0.1) is 0 Å². The highest BCUT2D eigenvalue weighted by Crippen LogP contribution is 2.30. The molecule has 10 heteroatoms. The molecule has 0 saturated carbocycles. The van der Waals surface area contributed by atoms with Gasteiger partial charge in [0.1, 0.15) is 17.8 Å². The van der Waals surface area contributed by atoms with Gasteiger partial charge in [-0.1, -0.05) is 66.7 Å². The topological polar surface area (TPSA) is 109 Å². The van der Waals surface area contributed by atoms with Crippen LogP contribution < -0.4 is 15.5 Å². The second kappa shape index (κ2) is 16.4. The molecule has 10 nitrogen and oxygen atoms in total. The molecular formula is C38H50N4O6. The molecule has 3 amide bonds. The van der Waals surface area contributed by atoms with Gasteiger partial charge in [-0.05, 0) is 88.8 Å². The SMILES string of the molecule is CC(C)(C)OC(=O)NCCc1ccc(C2CN(c3ccc(CCNC(=O)OC(C)(C)C)cc3)CCN2C(=O)OCc2ccccc2)cc1. The number of carbonyl (C=O) groups is 3. The molecule has 1 aliphatic rings. The van der Waals surface area contributed by atoms with Crippen LogP contribution in [0.5, 0.6) is 0 Å². The van der Waals surface area contributed by atoms with E-state index in [1.807, 2.05) is 88.9 Å². The van der Waals surface area contributed by atoms with Crippen LogP contribution in [-0.2, 0) is 33.7 Å². The highest BCUT2D eigenvalue weighted by Gasteiger charge is 2.33. The fraction of sp³-hybridized carbons (Fsp3) is 0.447. The van der Waals surface area contributed by atoms with Gasteiger partial charge in [0.25, 0.3) is 0 Å². The molecule has 1 aliphatic heterocycles. The molecule has 0 aromatic heterocycles. The molecular weight excluding hydrogens is 608 g/mol. The van der Waals surface area contributed by atoms with Crippen molar-refractivity contribution in [3.05, 3.63) is 101 Å². The summed E-state index contributed by atoms with van der Waals surface area (Å²) < 4.78 is 16.4. The van der Waals surface area contributed by atoms with Crippen molar-refractivity contribution in [2.24, 2.45) is 0 Å². The molecule has 1 atom stereocenters. The first-order valence-corrected chi connectivity index (χ1v) is 16.6. The minimum atomic E-state index is -0.545. The summed E-state index contributed by atoms with van der Waals surface area (Å²) in [4.78, 5) is 41.5. The van der Waals surface area contributed by atoms with Gasteiger partial charge in [-0.2, -0.15) is 0 Å². The number of nitrogens with zero attached hydrogens (tertiary/aromatic N) is 2. The molecule has 4 rings (SSSR count). The first kappa shape index (κ1) is 36.1. The average molecular weight is 659 g/mol. The van der Waals surface area contributed by atoms with Gasteiger partial charge in [0.05, 0.1) is 6.04 Å². The lowest BCUT2D eigenvalue weighted by Crippen LogP contribution is -2.51. The molecule has 48 heavy (non-hydrogen) atoms. The smallest absolute Gasteiger partial charge is 0.410 e. The highest BCUT2D eigenvalue weighted by atomic mass is 16.6. The maximum atomic E-state index is 13.4. The van der Waals surface area contributed by atoms with Gasteiger partial charge in [-0.25, -0.2) is 14.4 Å². The van der Waals surface area contributed by atoms with E-state index in [0.29, 0.717) is 45.6 Å². The summed E-state index contributed by atoms with van der Waals surface area (Å²) in [7, 11) is 0. The third-order valence-corrected chi connectivity index (χ3v) is 7.65. The second-order valence-electron chi connectivity index (χ2n) is 14.0. The molecule has 1 heterocycles. The summed E-state index contributed by atoms with van der Waals surface area (Å²) in [6.45, 7) is 13.9. The number of carbonyl (C=O) groups excluding carboxylic acids is 3. The van der Waals surface area contributed by atoms with Crippen molar-refractivity contribution < 1.29 is 28.6 Å². The van der Waals surface area contributed by atoms with Crippen molar-refractivity contribution in [1.82, 2.24) is 15.5 Å². The number of nitrogens with one attached hydrogen (secondary N) is 2. The Kier molecular flexibility index (Phi) is 12.3. The van der Waals surface area contributed by atoms with E-state index in [1.54, 1.807) is 0 Å². The van der Waals surface area contributed by atoms with Crippen LogP contribution in [-0.4, -0.2) is 67.1 Å². The van der Waals surface area contributed by atoms with E-state index in [0.717, 1.165) is 27.9 Å². The Morgan fingerprint density at radius 1 is 0.688 bits per heavy atom. The van der Waals surface area contributed by atoms with E-state index in [4.69, 9.17) is 14.2 Å². The summed E-state index contributed by atoms with van der Waals surface area (Å²) in [5, 5.41) is 5.61. The Morgan fingerprint density at radius 2 is 1.21 bits per heavy atom. The summed E-state index contributed by atoms with van der Waals surface area (Å²) >= 11 is 0. The predicted octanol–water partition coefficient (Wildman–Crippen LogP) is 7.02. The number of alkyl carbamates (subject to hydrolysis) is 2. The van der Waals surface area contributed by atoms with Crippen molar-refractivity contribution in [2.75, 3.05) is 37.6 Å². The molecule has 1 fully saturated rings. The fourth-order valence-corrected chi connectivity index (χ4v) is 5.35. The van der Waals surface area contributed by atoms with E-state index in [1.165, 1.54) is 0 Å². The minimum Gasteiger partial charge on any atom is -0.445 e. The lowest BCUT2D eigenvalue weighted by atomic mass is 9.99. The fourth-order valence-electron chi connectivity index (χ4n) is 5.35. The zero-order chi connectivity index (χ0) is 34.7. The van der Waals surface area contributed by atoms with Gasteiger partial charge in [0.2, 0.25) is 0 Å². The summed E-state index contributed by atoms with van der Waals surface area (Å²) in [6, 6.07) is 25.9. The Hall–Kier alpha value is -4.73. The number of benzene rings is 3. The quantitative estimate of drug-likeness (QED) is 0.225. The van der Waals surface area contributed by atoms with Crippen LogP contribution in [0.2, 0.25) is 0 Å². The van der Waals surface area contributed by atoms with Gasteiger partial charge in [0.15, 0.2) is 0 Å². The van der Waals surface area contributed by atoms with Crippen molar-refractivity contribution in [3.63, 3.8) is 0 Å². The number of amides is 3. The van der Waals surface area contributed by atoms with E-state index >= 15 is 0 Å². The van der Waals surface area contributed by atoms with Crippen molar-refractivity contribution in [2.45, 2.75) is 78.2 Å². The van der Waals surface area contributed by atoms with Crippen LogP contribution >= 0.6 is 0 Å². The molecule has 3 aromatic rings.